The van der Waals surface area contributed by atoms with Gasteiger partial charge in [-0.05, 0) is 94.8 Å². The summed E-state index contributed by atoms with van der Waals surface area (Å²) in [6, 6.07) is 8.35. The molecule has 2 heterocycles. The average Bonchev–Trinajstić information content (AvgIpc) is 3.51. The monoisotopic (exact) mass is 869 g/mol. The Bertz CT molecular complexity index is 2240. The number of anilines is 1. The number of hydrogen-bond donors (Lipinski definition) is 2. The number of methoxy groups -OCH3 is 1. The minimum absolute atomic E-state index is 0.00657. The van der Waals surface area contributed by atoms with Gasteiger partial charge in [-0.3, -0.25) is 9.35 Å². The fourth-order valence-electron chi connectivity index (χ4n) is 7.78. The van der Waals surface area contributed by atoms with Crippen molar-refractivity contribution in [2.45, 2.75) is 86.3 Å². The van der Waals surface area contributed by atoms with Gasteiger partial charge in [-0.1, -0.05) is 6.08 Å². The van der Waals surface area contributed by atoms with Crippen LogP contribution >= 0.6 is 0 Å². The van der Waals surface area contributed by atoms with Crippen LogP contribution in [-0.4, -0.2) is 119 Å². The van der Waals surface area contributed by atoms with Gasteiger partial charge in [-0.2, -0.15) is 13.0 Å². The smallest absolute Gasteiger partial charge is 0.303 e. The number of fused-ring (bicyclic) bond motifs is 2. The van der Waals surface area contributed by atoms with Crippen LogP contribution in [0.2, 0.25) is 0 Å². The van der Waals surface area contributed by atoms with Crippen LogP contribution < -0.4 is 4.90 Å². The molecule has 0 fully saturated rings. The van der Waals surface area contributed by atoms with E-state index in [0.717, 1.165) is 5.70 Å². The van der Waals surface area contributed by atoms with Crippen molar-refractivity contribution in [3.63, 3.8) is 0 Å². The molecule has 4 rings (SSSR count). The fourth-order valence-corrected chi connectivity index (χ4v) is 9.29. The molecule has 2 aromatic carbocycles. The Kier molecular flexibility index (Phi) is 16.0. The van der Waals surface area contributed by atoms with Gasteiger partial charge < -0.3 is 33.3 Å². The Labute approximate surface area is 341 Å². The zero-order chi connectivity index (χ0) is 42.9. The summed E-state index contributed by atoms with van der Waals surface area (Å²) >= 11 is 0. The predicted octanol–water partition coefficient (Wildman–Crippen LogP) is 4.47. The molecule has 16 nitrogen and oxygen atoms in total. The second kappa shape index (κ2) is 19.7. The maximum atomic E-state index is 12.2. The van der Waals surface area contributed by atoms with E-state index in [9.17, 15) is 43.7 Å². The first-order chi connectivity index (χ1) is 27.2. The van der Waals surface area contributed by atoms with E-state index < -0.39 is 57.8 Å². The summed E-state index contributed by atoms with van der Waals surface area (Å²) in [6.45, 7) is 8.28. The van der Waals surface area contributed by atoms with Crippen LogP contribution in [0.4, 0.5) is 11.4 Å². The molecule has 2 atom stereocenters. The van der Waals surface area contributed by atoms with Crippen LogP contribution in [0, 0.1) is 0 Å². The molecule has 2 unspecified atom stereocenters. The van der Waals surface area contributed by atoms with E-state index in [1.54, 1.807) is 19.3 Å². The highest BCUT2D eigenvalue weighted by Gasteiger charge is 2.48. The maximum absolute atomic E-state index is 12.2. The quantitative estimate of drug-likeness (QED) is 0.0841. The van der Waals surface area contributed by atoms with Crippen molar-refractivity contribution in [3.8, 4) is 0 Å². The molecular formula is C39H53N2O14S3-. The fraction of sp³-hybridized carbons (Fsp3) is 0.538. The molecule has 0 spiro atoms. The number of rotatable bonds is 24. The molecule has 19 heteroatoms. The molecule has 0 aliphatic carbocycles. The van der Waals surface area contributed by atoms with Crippen LogP contribution in [0.15, 0.2) is 70.1 Å². The Hall–Kier alpha value is -3.53. The molecular weight excluding hydrogens is 817 g/mol. The number of likely N-dealkylation sites (N-methyl/N-ethyl adjacent to an activating group) is 1. The molecule has 0 radical (unpaired) electrons. The second-order valence-electron chi connectivity index (χ2n) is 14.7. The van der Waals surface area contributed by atoms with Crippen molar-refractivity contribution in [2.75, 3.05) is 63.9 Å². The first kappa shape index (κ1) is 47.2. The number of benzene rings is 2. The summed E-state index contributed by atoms with van der Waals surface area (Å²) in [7, 11) is -12.4. The van der Waals surface area contributed by atoms with E-state index in [2.05, 4.69) is 0 Å². The largest absolute Gasteiger partial charge is 0.744 e. The van der Waals surface area contributed by atoms with Gasteiger partial charge in [0.25, 0.3) is 10.1 Å². The second-order valence-corrected chi connectivity index (χ2v) is 19.0. The van der Waals surface area contributed by atoms with Crippen LogP contribution in [0.25, 0.3) is 0 Å². The Morgan fingerprint density at radius 2 is 1.45 bits per heavy atom. The van der Waals surface area contributed by atoms with Crippen LogP contribution in [-0.2, 0) is 60.2 Å². The van der Waals surface area contributed by atoms with Gasteiger partial charge in [-0.25, -0.2) is 16.8 Å². The summed E-state index contributed by atoms with van der Waals surface area (Å²) in [4.78, 5) is 12.4. The van der Waals surface area contributed by atoms with Crippen LogP contribution in [0.5, 0.6) is 0 Å². The van der Waals surface area contributed by atoms with Crippen molar-refractivity contribution in [2.24, 2.45) is 0 Å². The first-order valence-corrected chi connectivity index (χ1v) is 23.4. The minimum Gasteiger partial charge on any atom is -0.744 e. The number of ether oxygens (including phenoxy) is 3. The minimum atomic E-state index is -4.87. The predicted molar refractivity (Wildman–Crippen MR) is 213 cm³/mol. The molecule has 0 saturated heterocycles. The molecule has 2 aliphatic rings. The molecule has 2 aromatic rings. The van der Waals surface area contributed by atoms with E-state index in [0.29, 0.717) is 93.4 Å². The molecule has 58 heavy (non-hydrogen) atoms. The number of nitrogens with zero attached hydrogens (tertiary/aromatic N) is 2. The standard InChI is InChI=1S/C39H54N2O14S3/c1-5-40-33-16-14-29(57(47,48)49)27-31(33)39(3,19-21-54-24-25-55-23-22-53-4)35(40)11-9-12-36-38(2,18-10-26-56(44,45)46)32-28-30(58(50,51)52)15-17-34(32)41(36)20-8-6-7-13-37(42)43/h9,11-12,14-17,27-28H,5-8,10,13,18-26H2,1-4H3,(H3-,42,43,44,45,46,47,48,49,50,51,52)/p-1. The zero-order valence-corrected chi connectivity index (χ0v) is 35.7. The van der Waals surface area contributed by atoms with E-state index >= 15 is 0 Å². The molecule has 0 saturated carbocycles. The van der Waals surface area contributed by atoms with Gasteiger partial charge in [0, 0.05) is 67.6 Å². The average molecular weight is 870 g/mol. The van der Waals surface area contributed by atoms with E-state index in [1.165, 1.54) is 30.3 Å². The number of allylic oxidation sites excluding steroid dienone is 4. The van der Waals surface area contributed by atoms with Crippen molar-refractivity contribution in [3.05, 3.63) is 71.5 Å². The third kappa shape index (κ3) is 11.6. The topological polar surface area (TPSA) is 240 Å². The summed E-state index contributed by atoms with van der Waals surface area (Å²) < 4.78 is 125. The third-order valence-corrected chi connectivity index (χ3v) is 13.2. The molecule has 2 N–H and O–H groups in total. The number of unbranched alkanes of at least 4 members (excludes halogenated alkanes) is 2. The van der Waals surface area contributed by atoms with Crippen molar-refractivity contribution >= 4 is 53.4 Å². The summed E-state index contributed by atoms with van der Waals surface area (Å²) in [5.74, 6) is -1.47. The van der Waals surface area contributed by atoms with Gasteiger partial charge in [0.1, 0.15) is 26.8 Å². The Morgan fingerprint density at radius 3 is 2.05 bits per heavy atom. The number of carboxylic acid groups (broad SMARTS) is 1. The lowest BCUT2D eigenvalue weighted by atomic mass is 9.75. The van der Waals surface area contributed by atoms with E-state index in [4.69, 9.17) is 19.3 Å². The summed E-state index contributed by atoms with van der Waals surface area (Å²) in [6.07, 6.45) is 7.54. The maximum Gasteiger partial charge on any atom is 0.303 e. The molecule has 2 aliphatic heterocycles. The zero-order valence-electron chi connectivity index (χ0n) is 33.2. The van der Waals surface area contributed by atoms with Gasteiger partial charge in [0.05, 0.1) is 47.4 Å². The Morgan fingerprint density at radius 1 is 0.828 bits per heavy atom. The van der Waals surface area contributed by atoms with Crippen LogP contribution in [0.1, 0.15) is 76.8 Å². The summed E-state index contributed by atoms with van der Waals surface area (Å²) in [5, 5.41) is 9.15. The highest BCUT2D eigenvalue weighted by molar-refractivity contribution is 7.86. The van der Waals surface area contributed by atoms with Crippen molar-refractivity contribution < 1.29 is 67.6 Å². The number of carboxylic acids is 1. The number of aliphatic carboxylic acids is 1. The molecule has 0 bridgehead atoms. The lowest BCUT2D eigenvalue weighted by molar-refractivity contribution is -0.438. The van der Waals surface area contributed by atoms with Gasteiger partial charge in [-0.15, -0.1) is 0 Å². The third-order valence-electron chi connectivity index (χ3n) is 10.7. The van der Waals surface area contributed by atoms with Gasteiger partial charge in [0.15, 0.2) is 5.71 Å². The van der Waals surface area contributed by atoms with E-state index in [1.807, 2.05) is 42.4 Å². The lowest BCUT2D eigenvalue weighted by Crippen LogP contribution is -2.32. The van der Waals surface area contributed by atoms with Gasteiger partial charge in [0.2, 0.25) is 5.69 Å². The highest BCUT2D eigenvalue weighted by atomic mass is 32.2. The Balaban J connectivity index is 1.82. The number of carbonyl (C=O) groups is 1. The van der Waals surface area contributed by atoms with Crippen molar-refractivity contribution in [1.82, 2.24) is 0 Å². The van der Waals surface area contributed by atoms with Crippen molar-refractivity contribution in [1.29, 1.82) is 0 Å². The SMILES string of the molecule is CCN1/C(=C/C=C/C2=[N+](CCCCCC(=O)O)c3ccc(S(=O)(=O)[O-])cc3C2(C)CCCS(=O)(=O)O)C(C)(CCOCCOCCOC)c2cc(S(=O)(=O)[O-])ccc21. The molecule has 0 amide bonds. The first-order valence-electron chi connectivity index (χ1n) is 19.0. The van der Waals surface area contributed by atoms with Crippen LogP contribution in [0.3, 0.4) is 0 Å². The highest BCUT2D eigenvalue weighted by Crippen LogP contribution is 2.51. The molecule has 322 valence electrons. The van der Waals surface area contributed by atoms with E-state index in [-0.39, 0.29) is 30.8 Å². The van der Waals surface area contributed by atoms with Gasteiger partial charge >= 0.3 is 5.97 Å². The molecule has 0 aromatic heterocycles. The normalized spacial score (nSPS) is 20.4. The lowest BCUT2D eigenvalue weighted by Gasteiger charge is -2.30. The summed E-state index contributed by atoms with van der Waals surface area (Å²) in [5.41, 5.74) is 1.91. The number of hydrogen-bond acceptors (Lipinski definition) is 13.